The molecule has 0 unspecified atom stereocenters. The van der Waals surface area contributed by atoms with Crippen molar-refractivity contribution < 1.29 is 56.5 Å². The number of nitro benzene ring substituents is 1. The van der Waals surface area contributed by atoms with Crippen LogP contribution in [0.3, 0.4) is 0 Å². The molecule has 5 atom stereocenters. The molecular weight excluding hydrogens is 925 g/mol. The van der Waals surface area contributed by atoms with Crippen LogP contribution in [0.4, 0.5) is 29.9 Å². The number of ether oxygens (including phenoxy) is 7. The summed E-state index contributed by atoms with van der Waals surface area (Å²) in [6, 6.07) is 9.79. The minimum absolute atomic E-state index is 0.0160. The van der Waals surface area contributed by atoms with Crippen molar-refractivity contribution >= 4 is 45.4 Å². The molecule has 7 heterocycles. The van der Waals surface area contributed by atoms with Gasteiger partial charge in [-0.25, -0.2) is 23.4 Å². The molecule has 3 aromatic carbocycles. The Morgan fingerprint density at radius 3 is 2.56 bits per heavy atom. The van der Waals surface area contributed by atoms with Gasteiger partial charge in [-0.2, -0.15) is 9.97 Å². The zero-order valence-electron chi connectivity index (χ0n) is 39.6. The molecule has 1 amide bonds. The number of carbonyl (C=O) groups excluding carboxylic acids is 2. The second-order valence-corrected chi connectivity index (χ2v) is 19.5. The summed E-state index contributed by atoms with van der Waals surface area (Å²) in [7, 11) is 1.46. The number of nitro groups is 1. The van der Waals surface area contributed by atoms with Crippen LogP contribution in [-0.4, -0.2) is 124 Å². The highest BCUT2D eigenvalue weighted by atomic mass is 19.1. The van der Waals surface area contributed by atoms with Crippen LogP contribution in [0.2, 0.25) is 0 Å². The predicted octanol–water partition coefficient (Wildman–Crippen LogP) is 8.49. The maximum atomic E-state index is 18.0. The monoisotopic (exact) mass is 975 g/mol. The number of hydrogen-bond acceptors (Lipinski definition) is 16. The Morgan fingerprint density at radius 2 is 1.82 bits per heavy atom. The smallest absolute Gasteiger partial charge is 0.477 e. The van der Waals surface area contributed by atoms with Gasteiger partial charge >= 0.3 is 18.3 Å². The van der Waals surface area contributed by atoms with Gasteiger partial charge in [-0.15, -0.1) is 6.42 Å². The first-order valence-electron chi connectivity index (χ1n) is 23.4. The quantitative estimate of drug-likeness (QED) is 0.0233. The average Bonchev–Trinajstić information content (AvgIpc) is 3.96. The van der Waals surface area contributed by atoms with E-state index in [1.165, 1.54) is 49.6 Å². The molecule has 18 nitrogen and oxygen atoms in total. The lowest BCUT2D eigenvalue weighted by atomic mass is 9.94. The van der Waals surface area contributed by atoms with Crippen LogP contribution in [0.5, 0.6) is 23.4 Å². The van der Waals surface area contributed by atoms with E-state index in [2.05, 4.69) is 22.3 Å². The molecule has 0 N–H and O–H groups in total. The van der Waals surface area contributed by atoms with Crippen molar-refractivity contribution in [2.75, 3.05) is 51.7 Å². The van der Waals surface area contributed by atoms with Gasteiger partial charge < -0.3 is 38.1 Å². The molecule has 4 saturated heterocycles. The molecule has 2 aromatic heterocycles. The lowest BCUT2D eigenvalue weighted by Gasteiger charge is -2.48. The second kappa shape index (κ2) is 18.4. The van der Waals surface area contributed by atoms with E-state index in [1.54, 1.807) is 6.07 Å². The fourth-order valence-corrected chi connectivity index (χ4v) is 11.0. The Hall–Kier alpha value is -7.37. The van der Waals surface area contributed by atoms with Gasteiger partial charge in [-0.3, -0.25) is 19.9 Å². The number of aromatic nitrogens is 3. The van der Waals surface area contributed by atoms with Crippen LogP contribution >= 0.6 is 0 Å². The lowest BCUT2D eigenvalue weighted by molar-refractivity contribution is -0.384. The fourth-order valence-electron chi connectivity index (χ4n) is 11.0. The van der Waals surface area contributed by atoms with Crippen molar-refractivity contribution in [1.82, 2.24) is 24.8 Å². The SMILES string of the molecule is C#Cc1c(F)ccc2cc(OCOC)cc(-c3nc4c5c(nc(OC[C@@]67CC[C@@H](COC(=O)Oc8ccc([N+](=O)[O-])cc8)N6CC(=C)C7)nc5c3F)N3C[C@H]5CC[C@@H]([C@H]3CCO4)N5C(=O)OC(C)(C)C)c12. The molecule has 0 saturated carbocycles. The molecule has 2 bridgehead atoms. The predicted molar refractivity (Wildman–Crippen MR) is 254 cm³/mol. The summed E-state index contributed by atoms with van der Waals surface area (Å²) in [5, 5.41) is 11.9. The summed E-state index contributed by atoms with van der Waals surface area (Å²) >= 11 is 0. The number of benzene rings is 3. The highest BCUT2D eigenvalue weighted by molar-refractivity contribution is 6.04. The Bertz CT molecular complexity index is 3040. The Kier molecular flexibility index (Phi) is 12.3. The number of methoxy groups -OCH3 is 1. The standard InChI is InChI=1S/C51H51F2N7O11/c1-7-35-37(52)14-8-29-20-34(69-27-65-6)21-36(40(29)35)43-42(53)44-41-45(57-24-31-11-15-39(38(57)17-19-66-46(41)54-43)59(31)48(61)71-50(3,4)5)56-47(55-44)68-26-51-18-16-32(58(51)23-28(2)22-51)25-67-49(62)70-33-12-9-30(10-13-33)60(63)64/h1,8-10,12-14,20-21,31-32,38-39H,2,11,15-19,22-27H2,3-6H3/t31-,32+,38-,39+,51+/m1/s1. The number of terminal acetylenes is 1. The number of anilines is 1. The number of rotatable bonds is 11. The number of halogens is 2. The highest BCUT2D eigenvalue weighted by Crippen LogP contribution is 2.48. The largest absolute Gasteiger partial charge is 0.513 e. The van der Waals surface area contributed by atoms with E-state index in [0.29, 0.717) is 62.8 Å². The molecular formula is C51H51F2N7O11. The molecule has 5 aliphatic rings. The third-order valence-corrected chi connectivity index (χ3v) is 13.9. The fraction of sp³-hybridized carbons (Fsp3) is 0.431. The first-order valence-corrected chi connectivity index (χ1v) is 23.4. The molecule has 4 fully saturated rings. The van der Waals surface area contributed by atoms with Gasteiger partial charge in [-0.05, 0) is 88.6 Å². The van der Waals surface area contributed by atoms with Crippen LogP contribution in [0, 0.1) is 34.1 Å². The maximum Gasteiger partial charge on any atom is 0.513 e. The maximum absolute atomic E-state index is 18.0. The van der Waals surface area contributed by atoms with Crippen molar-refractivity contribution in [2.45, 2.75) is 94.6 Å². The number of piperazine rings is 1. The van der Waals surface area contributed by atoms with Crippen molar-refractivity contribution in [2.24, 2.45) is 0 Å². The summed E-state index contributed by atoms with van der Waals surface area (Å²) in [5.41, 5.74) is -0.919. The van der Waals surface area contributed by atoms with E-state index < -0.39 is 39.9 Å². The Morgan fingerprint density at radius 1 is 1.01 bits per heavy atom. The molecule has 5 aromatic rings. The Balaban J connectivity index is 1.03. The van der Waals surface area contributed by atoms with E-state index in [4.69, 9.17) is 54.5 Å². The van der Waals surface area contributed by atoms with Gasteiger partial charge in [0.05, 0.1) is 40.8 Å². The van der Waals surface area contributed by atoms with Crippen molar-refractivity contribution in [1.29, 1.82) is 0 Å². The van der Waals surface area contributed by atoms with E-state index >= 15 is 8.78 Å². The minimum Gasteiger partial charge on any atom is -0.477 e. The summed E-state index contributed by atoms with van der Waals surface area (Å²) in [6.45, 7) is 10.7. The van der Waals surface area contributed by atoms with Crippen molar-refractivity contribution in [3.63, 3.8) is 0 Å². The van der Waals surface area contributed by atoms with E-state index in [1.807, 2.05) is 25.7 Å². The van der Waals surface area contributed by atoms with Gasteiger partial charge in [0.1, 0.15) is 58.5 Å². The van der Waals surface area contributed by atoms with Crippen LogP contribution in [0.15, 0.2) is 60.7 Å². The van der Waals surface area contributed by atoms with Gasteiger partial charge in [0.2, 0.25) is 5.88 Å². The molecule has 20 heteroatoms. The summed E-state index contributed by atoms with van der Waals surface area (Å²) in [5.74, 6) is 1.61. The molecule has 5 aliphatic heterocycles. The number of non-ortho nitro benzene ring substituents is 1. The zero-order chi connectivity index (χ0) is 49.9. The summed E-state index contributed by atoms with van der Waals surface area (Å²) < 4.78 is 74.3. The van der Waals surface area contributed by atoms with Crippen LogP contribution < -0.4 is 23.8 Å². The third kappa shape index (κ3) is 8.81. The lowest BCUT2D eigenvalue weighted by Crippen LogP contribution is -2.62. The molecule has 71 heavy (non-hydrogen) atoms. The Labute approximate surface area is 406 Å². The van der Waals surface area contributed by atoms with E-state index in [-0.39, 0.29) is 113 Å². The van der Waals surface area contributed by atoms with E-state index in [9.17, 15) is 19.7 Å². The number of nitrogens with zero attached hydrogens (tertiary/aromatic N) is 7. The molecule has 0 aliphatic carbocycles. The average molecular weight is 976 g/mol. The molecule has 370 valence electrons. The van der Waals surface area contributed by atoms with Gasteiger partial charge in [0.15, 0.2) is 12.6 Å². The van der Waals surface area contributed by atoms with Gasteiger partial charge in [-0.1, -0.05) is 24.1 Å². The highest BCUT2D eigenvalue weighted by Gasteiger charge is 2.53. The zero-order valence-corrected chi connectivity index (χ0v) is 39.6. The number of pyridine rings is 1. The first kappa shape index (κ1) is 47.3. The van der Waals surface area contributed by atoms with Crippen LogP contribution in [0.1, 0.15) is 64.9 Å². The number of fused-ring (bicyclic) bond motifs is 7. The number of carbonyl (C=O) groups is 2. The van der Waals surface area contributed by atoms with Gasteiger partial charge in [0, 0.05) is 55.7 Å². The minimum atomic E-state index is -0.961. The van der Waals surface area contributed by atoms with Crippen molar-refractivity contribution in [3.05, 3.63) is 88.0 Å². The molecule has 10 rings (SSSR count). The summed E-state index contributed by atoms with van der Waals surface area (Å²) in [6.07, 6.45) is 8.19. The molecule has 0 spiro atoms. The van der Waals surface area contributed by atoms with Crippen LogP contribution in [-0.2, 0) is 14.2 Å². The van der Waals surface area contributed by atoms with Crippen LogP contribution in [0.25, 0.3) is 32.9 Å². The number of amides is 1. The first-order chi connectivity index (χ1) is 34.0. The van der Waals surface area contributed by atoms with E-state index in [0.717, 1.165) is 5.57 Å². The van der Waals surface area contributed by atoms with Gasteiger partial charge in [0.25, 0.3) is 5.69 Å². The molecule has 0 radical (unpaired) electrons. The third-order valence-electron chi connectivity index (χ3n) is 13.9. The second-order valence-electron chi connectivity index (χ2n) is 19.5. The summed E-state index contributed by atoms with van der Waals surface area (Å²) in [4.78, 5) is 57.8. The topological polar surface area (TPSA) is 190 Å². The number of hydrogen-bond donors (Lipinski definition) is 0. The van der Waals surface area contributed by atoms with Crippen molar-refractivity contribution in [3.8, 4) is 47.0 Å². The normalized spacial score (nSPS) is 22.5.